The summed E-state index contributed by atoms with van der Waals surface area (Å²) in [6, 6.07) is 0. The molecule has 12 heavy (non-hydrogen) atoms. The van der Waals surface area contributed by atoms with Crippen LogP contribution in [0.3, 0.4) is 0 Å². The van der Waals surface area contributed by atoms with Crippen LogP contribution in [0.15, 0.2) is 0 Å². The molecule has 0 aliphatic heterocycles. The minimum Gasteiger partial charge on any atom is -0.396 e. The van der Waals surface area contributed by atoms with E-state index in [-0.39, 0.29) is 12.7 Å². The van der Waals surface area contributed by atoms with Crippen LogP contribution in [0.25, 0.3) is 0 Å². The molecule has 0 aliphatic carbocycles. The van der Waals surface area contributed by atoms with E-state index in [9.17, 15) is 0 Å². The van der Waals surface area contributed by atoms with Crippen LogP contribution >= 0.6 is 12.6 Å². The van der Waals surface area contributed by atoms with Gasteiger partial charge < -0.3 is 14.9 Å². The Morgan fingerprint density at radius 1 is 1.50 bits per heavy atom. The van der Waals surface area contributed by atoms with Crippen molar-refractivity contribution in [3.8, 4) is 0 Å². The molecular weight excluding hydrogens is 176 g/mol. The normalized spacial score (nSPS) is 16.0. The van der Waals surface area contributed by atoms with Gasteiger partial charge in [0.15, 0.2) is 0 Å². The Morgan fingerprint density at radius 2 is 2.17 bits per heavy atom. The minimum absolute atomic E-state index is 0.103. The van der Waals surface area contributed by atoms with E-state index >= 15 is 0 Å². The van der Waals surface area contributed by atoms with E-state index < -0.39 is 6.10 Å². The van der Waals surface area contributed by atoms with E-state index in [1.165, 1.54) is 0 Å². The lowest BCUT2D eigenvalue weighted by molar-refractivity contribution is 0.00165. The first-order valence-corrected chi connectivity index (χ1v) is 4.85. The third kappa shape index (κ3) is 6.91. The average molecular weight is 194 g/mol. The second-order valence-corrected chi connectivity index (χ2v) is 3.21. The Kier molecular flexibility index (Phi) is 8.01. The second-order valence-electron chi connectivity index (χ2n) is 2.85. The fraction of sp³-hybridized carbons (Fsp3) is 1.00. The minimum atomic E-state index is -0.482. The van der Waals surface area contributed by atoms with Crippen molar-refractivity contribution in [3.63, 3.8) is 0 Å². The summed E-state index contributed by atoms with van der Waals surface area (Å²) in [5.74, 6) is 0.423. The molecule has 0 heterocycles. The Balaban J connectivity index is 3.24. The van der Waals surface area contributed by atoms with E-state index in [1.54, 1.807) is 0 Å². The van der Waals surface area contributed by atoms with Crippen molar-refractivity contribution >= 4 is 12.6 Å². The van der Waals surface area contributed by atoms with Gasteiger partial charge in [-0.15, -0.1) is 0 Å². The van der Waals surface area contributed by atoms with Crippen molar-refractivity contribution in [2.24, 2.45) is 0 Å². The maximum atomic E-state index is 9.08. The quantitative estimate of drug-likeness (QED) is 0.516. The van der Waals surface area contributed by atoms with Gasteiger partial charge in [-0.2, -0.15) is 12.6 Å². The van der Waals surface area contributed by atoms with Crippen LogP contribution in [-0.4, -0.2) is 41.4 Å². The summed E-state index contributed by atoms with van der Waals surface area (Å²) in [5.41, 5.74) is 0. The molecule has 0 rings (SSSR count). The molecule has 74 valence electrons. The molecule has 4 heteroatoms. The summed E-state index contributed by atoms with van der Waals surface area (Å²) < 4.78 is 5.29. The smallest absolute Gasteiger partial charge is 0.0861 e. The number of ether oxygens (including phenoxy) is 1. The highest BCUT2D eigenvalue weighted by molar-refractivity contribution is 7.80. The summed E-state index contributed by atoms with van der Waals surface area (Å²) >= 11 is 3.92. The van der Waals surface area contributed by atoms with E-state index in [0.717, 1.165) is 12.8 Å². The van der Waals surface area contributed by atoms with Gasteiger partial charge in [-0.05, 0) is 19.8 Å². The lowest BCUT2D eigenvalue weighted by atomic mass is 10.2. The summed E-state index contributed by atoms with van der Waals surface area (Å²) in [6.07, 6.45) is 1.20. The van der Waals surface area contributed by atoms with Gasteiger partial charge in [0.05, 0.1) is 18.8 Å². The zero-order valence-corrected chi connectivity index (χ0v) is 8.33. The van der Waals surface area contributed by atoms with Gasteiger partial charge in [-0.25, -0.2) is 0 Å². The topological polar surface area (TPSA) is 49.7 Å². The van der Waals surface area contributed by atoms with E-state index in [1.807, 2.05) is 6.92 Å². The largest absolute Gasteiger partial charge is 0.396 e. The Bertz CT molecular complexity index is 100. The first kappa shape index (κ1) is 12.2. The molecule has 2 N–H and O–H groups in total. The summed E-state index contributed by atoms with van der Waals surface area (Å²) in [4.78, 5) is 0. The van der Waals surface area contributed by atoms with Gasteiger partial charge in [0.25, 0.3) is 0 Å². The van der Waals surface area contributed by atoms with Gasteiger partial charge in [0, 0.05) is 12.4 Å². The predicted molar refractivity (Wildman–Crippen MR) is 51.6 cm³/mol. The maximum absolute atomic E-state index is 9.08. The fourth-order valence-electron chi connectivity index (χ4n) is 0.790. The van der Waals surface area contributed by atoms with Crippen molar-refractivity contribution in [2.75, 3.05) is 19.0 Å². The van der Waals surface area contributed by atoms with Crippen LogP contribution in [-0.2, 0) is 4.74 Å². The number of hydrogen-bond donors (Lipinski definition) is 3. The monoisotopic (exact) mass is 194 g/mol. The average Bonchev–Trinajstić information content (AvgIpc) is 2.10. The second kappa shape index (κ2) is 7.86. The molecule has 0 saturated heterocycles. The highest BCUT2D eigenvalue weighted by Crippen LogP contribution is 2.01. The zero-order chi connectivity index (χ0) is 9.40. The fourth-order valence-corrected chi connectivity index (χ4v) is 0.896. The van der Waals surface area contributed by atoms with Crippen LogP contribution in [0.5, 0.6) is 0 Å². The number of aliphatic hydroxyl groups is 2. The summed E-state index contributed by atoms with van der Waals surface area (Å²) in [5, 5.41) is 17.6. The summed E-state index contributed by atoms with van der Waals surface area (Å²) in [7, 11) is 0. The molecule has 0 saturated carbocycles. The van der Waals surface area contributed by atoms with Crippen LogP contribution in [0, 0.1) is 0 Å². The number of thiol groups is 1. The van der Waals surface area contributed by atoms with Gasteiger partial charge in [-0.1, -0.05) is 0 Å². The molecule has 0 aliphatic rings. The highest BCUT2D eigenvalue weighted by atomic mass is 32.1. The Labute approximate surface area is 79.2 Å². The Hall–Kier alpha value is 0.230. The van der Waals surface area contributed by atoms with Gasteiger partial charge in [-0.3, -0.25) is 0 Å². The van der Waals surface area contributed by atoms with Gasteiger partial charge in [0.1, 0.15) is 0 Å². The van der Waals surface area contributed by atoms with E-state index in [4.69, 9.17) is 14.9 Å². The molecule has 0 aromatic rings. The first-order chi connectivity index (χ1) is 5.70. The van der Waals surface area contributed by atoms with Crippen molar-refractivity contribution in [3.05, 3.63) is 0 Å². The maximum Gasteiger partial charge on any atom is 0.0861 e. The van der Waals surface area contributed by atoms with E-state index in [0.29, 0.717) is 12.4 Å². The third-order valence-electron chi connectivity index (χ3n) is 1.55. The molecular formula is C8H18O3S. The van der Waals surface area contributed by atoms with Crippen molar-refractivity contribution in [2.45, 2.75) is 32.0 Å². The molecule has 0 bridgehead atoms. The molecule has 3 nitrogen and oxygen atoms in total. The highest BCUT2D eigenvalue weighted by Gasteiger charge is 2.05. The van der Waals surface area contributed by atoms with Crippen molar-refractivity contribution < 1.29 is 14.9 Å². The van der Waals surface area contributed by atoms with Crippen LogP contribution in [0.2, 0.25) is 0 Å². The Morgan fingerprint density at radius 3 is 2.67 bits per heavy atom. The molecule has 0 amide bonds. The number of aliphatic hydroxyl groups excluding tert-OH is 2. The van der Waals surface area contributed by atoms with E-state index in [2.05, 4.69) is 12.6 Å². The van der Waals surface area contributed by atoms with Gasteiger partial charge >= 0.3 is 0 Å². The first-order valence-electron chi connectivity index (χ1n) is 4.22. The molecule has 0 aromatic heterocycles. The van der Waals surface area contributed by atoms with Crippen molar-refractivity contribution in [1.29, 1.82) is 0 Å². The van der Waals surface area contributed by atoms with Crippen LogP contribution < -0.4 is 0 Å². The number of hydrogen-bond acceptors (Lipinski definition) is 4. The van der Waals surface area contributed by atoms with Crippen LogP contribution in [0.4, 0.5) is 0 Å². The molecule has 2 unspecified atom stereocenters. The molecule has 2 atom stereocenters. The standard InChI is InChI=1S/C8H18O3S/c1-7(3-2-4-9)11-5-8(10)6-12/h7-10,12H,2-6H2,1H3. The molecule has 0 fully saturated rings. The lowest BCUT2D eigenvalue weighted by Crippen LogP contribution is -2.21. The third-order valence-corrected chi connectivity index (χ3v) is 1.97. The predicted octanol–water partition coefficient (Wildman–Crippen LogP) is 0.455. The molecule has 0 aromatic carbocycles. The summed E-state index contributed by atoms with van der Waals surface area (Å²) in [6.45, 7) is 2.46. The molecule has 0 radical (unpaired) electrons. The number of rotatable bonds is 7. The lowest BCUT2D eigenvalue weighted by Gasteiger charge is -2.14. The SMILES string of the molecule is CC(CCCO)OCC(O)CS. The van der Waals surface area contributed by atoms with Crippen LogP contribution in [0.1, 0.15) is 19.8 Å². The van der Waals surface area contributed by atoms with Crippen molar-refractivity contribution in [1.82, 2.24) is 0 Å². The van der Waals surface area contributed by atoms with Gasteiger partial charge in [0.2, 0.25) is 0 Å². The molecule has 0 spiro atoms. The zero-order valence-electron chi connectivity index (χ0n) is 7.44.